The van der Waals surface area contributed by atoms with Gasteiger partial charge in [0.25, 0.3) is 0 Å². The lowest BCUT2D eigenvalue weighted by Gasteiger charge is -2.20. The van der Waals surface area contributed by atoms with Gasteiger partial charge in [0.15, 0.2) is 0 Å². The lowest BCUT2D eigenvalue weighted by molar-refractivity contribution is 1.63. The third kappa shape index (κ3) is 6.62. The summed E-state index contributed by atoms with van der Waals surface area (Å²) in [5, 5.41) is 20.1. The van der Waals surface area contributed by atoms with Gasteiger partial charge in [-0.15, -0.1) is 0 Å². The first-order valence-corrected chi connectivity index (χ1v) is 25.7. The molecule has 15 aromatic carbocycles. The molecular weight excluding hydrogens is 889 g/mol. The first-order valence-electron chi connectivity index (χ1n) is 25.7. The Kier molecular flexibility index (Phi) is 9.68. The molecule has 0 aliphatic heterocycles. The normalized spacial score (nSPS) is 11.8. The maximum Gasteiger partial charge on any atom is -0.00201 e. The molecule has 0 heteroatoms. The van der Waals surface area contributed by atoms with E-state index in [0.717, 1.165) is 0 Å². The second-order valence-corrected chi connectivity index (χ2v) is 19.8. The Morgan fingerprint density at radius 2 is 0.419 bits per heavy atom. The molecule has 342 valence electrons. The number of benzene rings is 15. The van der Waals surface area contributed by atoms with Crippen molar-refractivity contribution in [1.29, 1.82) is 0 Å². The number of rotatable bonds is 6. The highest BCUT2D eigenvalue weighted by atomic mass is 14.2. The van der Waals surface area contributed by atoms with Crippen LogP contribution in [0.25, 0.3) is 153 Å². The van der Waals surface area contributed by atoms with Crippen LogP contribution >= 0.6 is 0 Å². The molecule has 0 aliphatic rings. The summed E-state index contributed by atoms with van der Waals surface area (Å²) in [4.78, 5) is 0. The number of fused-ring (bicyclic) bond motifs is 8. The van der Waals surface area contributed by atoms with Gasteiger partial charge in [0.2, 0.25) is 0 Å². The minimum atomic E-state index is 1.20. The minimum Gasteiger partial charge on any atom is -0.0616 e. The average molecular weight is 935 g/mol. The molecule has 0 spiro atoms. The quantitative estimate of drug-likeness (QED) is 0.146. The SMILES string of the molecule is c1cc(-c2cccc3cc(-c4ccc5c(-c6c7ccccc7c(-c7cccc8ccccc78)c7ccccc67)cccc5c4)ccc23)cc(-c2c3ccccc3c(-c3cccc4ccccc34)c3ccccc23)c1. The summed E-state index contributed by atoms with van der Waals surface area (Å²) in [6.45, 7) is 0. The van der Waals surface area contributed by atoms with Gasteiger partial charge in [0.05, 0.1) is 0 Å². The Hall–Kier alpha value is -9.62. The van der Waals surface area contributed by atoms with Crippen molar-refractivity contribution in [3.63, 3.8) is 0 Å². The van der Waals surface area contributed by atoms with Gasteiger partial charge < -0.3 is 0 Å². The molecule has 0 radical (unpaired) electrons. The molecule has 0 nitrogen and oxygen atoms in total. The van der Waals surface area contributed by atoms with Crippen molar-refractivity contribution in [2.24, 2.45) is 0 Å². The van der Waals surface area contributed by atoms with Crippen LogP contribution in [0.15, 0.2) is 279 Å². The molecule has 0 aliphatic carbocycles. The lowest BCUT2D eigenvalue weighted by atomic mass is 9.83. The van der Waals surface area contributed by atoms with Crippen LogP contribution in [0.1, 0.15) is 0 Å². The van der Waals surface area contributed by atoms with Crippen LogP contribution < -0.4 is 0 Å². The van der Waals surface area contributed by atoms with Crippen LogP contribution in [-0.4, -0.2) is 0 Å². The molecule has 0 atom stereocenters. The fourth-order valence-electron chi connectivity index (χ4n) is 12.6. The van der Waals surface area contributed by atoms with Gasteiger partial charge in [-0.2, -0.15) is 0 Å². The Balaban J connectivity index is 0.828. The summed E-state index contributed by atoms with van der Waals surface area (Å²) in [5.74, 6) is 0. The van der Waals surface area contributed by atoms with E-state index < -0.39 is 0 Å². The first kappa shape index (κ1) is 42.1. The molecule has 0 N–H and O–H groups in total. The van der Waals surface area contributed by atoms with E-state index in [1.807, 2.05) is 0 Å². The molecule has 15 rings (SSSR count). The second-order valence-electron chi connectivity index (χ2n) is 19.8. The topological polar surface area (TPSA) is 0 Å². The predicted octanol–water partition coefficient (Wildman–Crippen LogP) is 20.9. The zero-order valence-corrected chi connectivity index (χ0v) is 40.6. The van der Waals surface area contributed by atoms with Crippen LogP contribution in [0.2, 0.25) is 0 Å². The van der Waals surface area contributed by atoms with Crippen LogP contribution in [0.4, 0.5) is 0 Å². The molecule has 15 aromatic rings. The predicted molar refractivity (Wildman–Crippen MR) is 319 cm³/mol. The van der Waals surface area contributed by atoms with E-state index in [0.29, 0.717) is 0 Å². The van der Waals surface area contributed by atoms with E-state index in [-0.39, 0.29) is 0 Å². The van der Waals surface area contributed by atoms with Crippen LogP contribution in [0.5, 0.6) is 0 Å². The molecule has 0 heterocycles. The van der Waals surface area contributed by atoms with Crippen molar-refractivity contribution in [1.82, 2.24) is 0 Å². The van der Waals surface area contributed by atoms with Gasteiger partial charge in [-0.25, -0.2) is 0 Å². The Morgan fingerprint density at radius 3 is 0.838 bits per heavy atom. The highest BCUT2D eigenvalue weighted by Crippen LogP contribution is 2.49. The molecule has 0 saturated carbocycles. The van der Waals surface area contributed by atoms with Gasteiger partial charge in [-0.05, 0) is 171 Å². The van der Waals surface area contributed by atoms with E-state index >= 15 is 0 Å². The van der Waals surface area contributed by atoms with E-state index in [9.17, 15) is 0 Å². The largest absolute Gasteiger partial charge is 0.0616 e. The monoisotopic (exact) mass is 934 g/mol. The molecule has 0 amide bonds. The van der Waals surface area contributed by atoms with Crippen LogP contribution in [-0.2, 0) is 0 Å². The summed E-state index contributed by atoms with van der Waals surface area (Å²) in [5.41, 5.74) is 15.0. The van der Waals surface area contributed by atoms with Gasteiger partial charge in [-0.3, -0.25) is 0 Å². The molecule has 0 aromatic heterocycles. The van der Waals surface area contributed by atoms with Crippen LogP contribution in [0.3, 0.4) is 0 Å². The Morgan fingerprint density at radius 1 is 0.135 bits per heavy atom. The highest BCUT2D eigenvalue weighted by Gasteiger charge is 2.21. The molecule has 0 fully saturated rings. The Labute approximate surface area is 429 Å². The number of hydrogen-bond donors (Lipinski definition) is 0. The molecule has 0 bridgehead atoms. The van der Waals surface area contributed by atoms with Crippen molar-refractivity contribution in [2.45, 2.75) is 0 Å². The zero-order valence-electron chi connectivity index (χ0n) is 40.6. The molecule has 0 unspecified atom stereocenters. The van der Waals surface area contributed by atoms with E-state index in [1.54, 1.807) is 0 Å². The highest BCUT2D eigenvalue weighted by molar-refractivity contribution is 6.26. The van der Waals surface area contributed by atoms with E-state index in [2.05, 4.69) is 279 Å². The average Bonchev–Trinajstić information content (AvgIpc) is 3.47. The third-order valence-electron chi connectivity index (χ3n) is 15.8. The van der Waals surface area contributed by atoms with Crippen molar-refractivity contribution >= 4 is 86.2 Å². The smallest absolute Gasteiger partial charge is 0.00201 e. The fraction of sp³-hybridized carbons (Fsp3) is 0. The first-order chi connectivity index (χ1) is 36.7. The van der Waals surface area contributed by atoms with Gasteiger partial charge in [0.1, 0.15) is 0 Å². The summed E-state index contributed by atoms with van der Waals surface area (Å²) < 4.78 is 0. The van der Waals surface area contributed by atoms with E-state index in [1.165, 1.54) is 153 Å². The second kappa shape index (κ2) is 17.0. The van der Waals surface area contributed by atoms with E-state index in [4.69, 9.17) is 0 Å². The minimum absolute atomic E-state index is 1.20. The van der Waals surface area contributed by atoms with Crippen molar-refractivity contribution in [2.75, 3.05) is 0 Å². The molecular formula is C74H46. The summed E-state index contributed by atoms with van der Waals surface area (Å²) in [6, 6.07) is 104. The maximum absolute atomic E-state index is 2.40. The summed E-state index contributed by atoms with van der Waals surface area (Å²) >= 11 is 0. The van der Waals surface area contributed by atoms with Gasteiger partial charge >= 0.3 is 0 Å². The lowest BCUT2D eigenvalue weighted by Crippen LogP contribution is -1.92. The van der Waals surface area contributed by atoms with Crippen molar-refractivity contribution < 1.29 is 0 Å². The Bertz CT molecular complexity index is 4660. The van der Waals surface area contributed by atoms with Crippen molar-refractivity contribution in [3.8, 4) is 66.8 Å². The number of hydrogen-bond acceptors (Lipinski definition) is 0. The van der Waals surface area contributed by atoms with Gasteiger partial charge in [0, 0.05) is 0 Å². The summed E-state index contributed by atoms with van der Waals surface area (Å²) in [6.07, 6.45) is 0. The molecule has 0 saturated heterocycles. The van der Waals surface area contributed by atoms with Crippen molar-refractivity contribution in [3.05, 3.63) is 279 Å². The van der Waals surface area contributed by atoms with Gasteiger partial charge in [-0.1, -0.05) is 261 Å². The molecule has 74 heavy (non-hydrogen) atoms. The maximum atomic E-state index is 2.40. The standard InChI is InChI=1S/C74H46/c1-3-26-55-47(18-1)20-14-37-60(55)72-65-30-7-5-28-63(65)71(64-29-6-8-31-66(64)72)54-25-13-22-53(46-54)57-36-16-23-51-44-49(40-42-58(51)57)50-41-43-59-52(45-50)24-17-39-62(59)74-69-34-11-9-32-67(69)73(68-33-10-12-35-70(68)74)61-38-15-21-48-19-2-4-27-56(48)61/h1-46H. The van der Waals surface area contributed by atoms with Crippen LogP contribution in [0, 0.1) is 0 Å². The third-order valence-corrected chi connectivity index (χ3v) is 15.8. The summed E-state index contributed by atoms with van der Waals surface area (Å²) in [7, 11) is 0. The zero-order chi connectivity index (χ0) is 48.7. The fourth-order valence-corrected chi connectivity index (χ4v) is 12.6.